The van der Waals surface area contributed by atoms with Gasteiger partial charge in [0.2, 0.25) is 5.91 Å². The standard InChI is InChI=1S/C14H19N3O4/c15-14(16-19)12-10-17(7-9-21-12)13(18)6-8-20-11-4-2-1-3-5-11/h1-5,12,19H,6-10H2,(H2,15,16). The van der Waals surface area contributed by atoms with Gasteiger partial charge in [0.15, 0.2) is 5.84 Å². The van der Waals surface area contributed by atoms with E-state index in [0.717, 1.165) is 5.75 Å². The molecule has 0 bridgehead atoms. The number of para-hydroxylation sites is 1. The summed E-state index contributed by atoms with van der Waals surface area (Å²) in [4.78, 5) is 13.7. The minimum atomic E-state index is -0.553. The predicted octanol–water partition coefficient (Wildman–Crippen LogP) is 0.429. The Bertz CT molecular complexity index is 492. The first-order valence-corrected chi connectivity index (χ1v) is 6.75. The lowest BCUT2D eigenvalue weighted by Crippen LogP contribution is -2.50. The fraction of sp³-hybridized carbons (Fsp3) is 0.429. The maximum Gasteiger partial charge on any atom is 0.226 e. The summed E-state index contributed by atoms with van der Waals surface area (Å²) >= 11 is 0. The van der Waals surface area contributed by atoms with Crippen LogP contribution in [-0.4, -0.2) is 54.3 Å². The third-order valence-corrected chi connectivity index (χ3v) is 3.19. The molecule has 1 unspecified atom stereocenters. The molecule has 7 heteroatoms. The molecule has 114 valence electrons. The van der Waals surface area contributed by atoms with E-state index >= 15 is 0 Å². The van der Waals surface area contributed by atoms with Gasteiger partial charge in [-0.1, -0.05) is 23.4 Å². The molecular formula is C14H19N3O4. The molecule has 1 fully saturated rings. The van der Waals surface area contributed by atoms with Crippen molar-refractivity contribution in [3.8, 4) is 5.75 Å². The maximum absolute atomic E-state index is 12.1. The molecule has 0 aromatic heterocycles. The van der Waals surface area contributed by atoms with Crippen molar-refractivity contribution in [3.63, 3.8) is 0 Å². The van der Waals surface area contributed by atoms with E-state index in [2.05, 4.69) is 5.16 Å². The SMILES string of the molecule is NC(=NO)C1CN(C(=O)CCOc2ccccc2)CCO1. The van der Waals surface area contributed by atoms with E-state index in [9.17, 15) is 4.79 Å². The van der Waals surface area contributed by atoms with Gasteiger partial charge in [0.25, 0.3) is 0 Å². The Balaban J connectivity index is 1.77. The number of carbonyl (C=O) groups excluding carboxylic acids is 1. The molecule has 21 heavy (non-hydrogen) atoms. The number of amidine groups is 1. The van der Waals surface area contributed by atoms with Crippen LogP contribution in [0.25, 0.3) is 0 Å². The first-order valence-electron chi connectivity index (χ1n) is 6.75. The number of hydrogen-bond donors (Lipinski definition) is 2. The van der Waals surface area contributed by atoms with Crippen molar-refractivity contribution in [2.24, 2.45) is 10.9 Å². The highest BCUT2D eigenvalue weighted by Crippen LogP contribution is 2.10. The third-order valence-electron chi connectivity index (χ3n) is 3.19. The van der Waals surface area contributed by atoms with E-state index in [1.165, 1.54) is 0 Å². The number of carbonyl (C=O) groups is 1. The number of benzene rings is 1. The highest BCUT2D eigenvalue weighted by Gasteiger charge is 2.26. The summed E-state index contributed by atoms with van der Waals surface area (Å²) in [6.45, 7) is 1.47. The van der Waals surface area contributed by atoms with Crippen LogP contribution < -0.4 is 10.5 Å². The summed E-state index contributed by atoms with van der Waals surface area (Å²) in [6, 6.07) is 9.34. The summed E-state index contributed by atoms with van der Waals surface area (Å²) in [5.74, 6) is 0.680. The Kier molecular flexibility index (Phi) is 5.39. The van der Waals surface area contributed by atoms with E-state index in [4.69, 9.17) is 20.4 Å². The van der Waals surface area contributed by atoms with Crippen molar-refractivity contribution < 1.29 is 19.5 Å². The van der Waals surface area contributed by atoms with Gasteiger partial charge in [0.05, 0.1) is 26.2 Å². The number of oxime groups is 1. The van der Waals surface area contributed by atoms with Gasteiger partial charge in [-0.15, -0.1) is 0 Å². The Morgan fingerprint density at radius 3 is 2.95 bits per heavy atom. The summed E-state index contributed by atoms with van der Waals surface area (Å²) in [6.07, 6.45) is -0.277. The largest absolute Gasteiger partial charge is 0.493 e. The molecule has 3 N–H and O–H groups in total. The molecule has 0 radical (unpaired) electrons. The molecule has 1 atom stereocenters. The second-order valence-electron chi connectivity index (χ2n) is 4.64. The summed E-state index contributed by atoms with van der Waals surface area (Å²) in [5.41, 5.74) is 5.50. The van der Waals surface area contributed by atoms with Crippen LogP contribution in [0.4, 0.5) is 0 Å². The minimum absolute atomic E-state index is 0.0203. The lowest BCUT2D eigenvalue weighted by atomic mass is 10.2. The van der Waals surface area contributed by atoms with Crippen molar-refractivity contribution >= 4 is 11.7 Å². The number of ether oxygens (including phenoxy) is 2. The average Bonchev–Trinajstić information content (AvgIpc) is 2.55. The fourth-order valence-corrected chi connectivity index (χ4v) is 2.05. The smallest absolute Gasteiger partial charge is 0.226 e. The Morgan fingerprint density at radius 2 is 2.24 bits per heavy atom. The number of amides is 1. The number of morpholine rings is 1. The molecule has 7 nitrogen and oxygen atoms in total. The molecule has 1 amide bonds. The molecular weight excluding hydrogens is 274 g/mol. The summed E-state index contributed by atoms with van der Waals surface area (Å²) < 4.78 is 10.8. The highest BCUT2D eigenvalue weighted by atomic mass is 16.5. The third kappa shape index (κ3) is 4.35. The molecule has 1 heterocycles. The Hall–Kier alpha value is -2.28. The van der Waals surface area contributed by atoms with Crippen LogP contribution in [0.15, 0.2) is 35.5 Å². The summed E-state index contributed by atoms with van der Waals surface area (Å²) in [5, 5.41) is 11.6. The van der Waals surface area contributed by atoms with Gasteiger partial charge in [-0.2, -0.15) is 0 Å². The van der Waals surface area contributed by atoms with E-state index in [1.807, 2.05) is 30.3 Å². The van der Waals surface area contributed by atoms with Crippen LogP contribution in [0.1, 0.15) is 6.42 Å². The van der Waals surface area contributed by atoms with Gasteiger partial charge >= 0.3 is 0 Å². The van der Waals surface area contributed by atoms with Crippen LogP contribution in [0.3, 0.4) is 0 Å². The number of nitrogens with two attached hydrogens (primary N) is 1. The zero-order valence-electron chi connectivity index (χ0n) is 11.6. The van der Waals surface area contributed by atoms with Gasteiger partial charge in [-0.25, -0.2) is 0 Å². The summed E-state index contributed by atoms with van der Waals surface area (Å²) in [7, 11) is 0. The number of hydrogen-bond acceptors (Lipinski definition) is 5. The fourth-order valence-electron chi connectivity index (χ4n) is 2.05. The quantitative estimate of drug-likeness (QED) is 0.355. The van der Waals surface area contributed by atoms with E-state index < -0.39 is 6.10 Å². The first-order chi connectivity index (χ1) is 10.2. The van der Waals surface area contributed by atoms with Gasteiger partial charge in [0, 0.05) is 6.54 Å². The maximum atomic E-state index is 12.1. The van der Waals surface area contributed by atoms with Gasteiger partial charge in [0.1, 0.15) is 11.9 Å². The highest BCUT2D eigenvalue weighted by molar-refractivity contribution is 5.85. The zero-order valence-corrected chi connectivity index (χ0v) is 11.6. The second-order valence-corrected chi connectivity index (χ2v) is 4.64. The van der Waals surface area contributed by atoms with Gasteiger partial charge < -0.3 is 25.3 Å². The number of nitrogens with zero attached hydrogens (tertiary/aromatic N) is 2. The Labute approximate surface area is 122 Å². The minimum Gasteiger partial charge on any atom is -0.493 e. The van der Waals surface area contributed by atoms with Crippen LogP contribution in [0.2, 0.25) is 0 Å². The van der Waals surface area contributed by atoms with Crippen molar-refractivity contribution in [1.82, 2.24) is 4.90 Å². The van der Waals surface area contributed by atoms with Crippen molar-refractivity contribution in [2.75, 3.05) is 26.3 Å². The topological polar surface area (TPSA) is 97.4 Å². The first kappa shape index (κ1) is 15.1. The zero-order chi connectivity index (χ0) is 15.1. The molecule has 0 spiro atoms. The van der Waals surface area contributed by atoms with Crippen LogP contribution in [0.5, 0.6) is 5.75 Å². The molecule has 1 saturated heterocycles. The van der Waals surface area contributed by atoms with E-state index in [0.29, 0.717) is 26.3 Å². The van der Waals surface area contributed by atoms with Crippen molar-refractivity contribution in [3.05, 3.63) is 30.3 Å². The Morgan fingerprint density at radius 1 is 1.48 bits per heavy atom. The van der Waals surface area contributed by atoms with Gasteiger partial charge in [-0.3, -0.25) is 4.79 Å². The van der Waals surface area contributed by atoms with Crippen LogP contribution >= 0.6 is 0 Å². The van der Waals surface area contributed by atoms with Crippen LogP contribution in [-0.2, 0) is 9.53 Å². The van der Waals surface area contributed by atoms with Crippen molar-refractivity contribution in [1.29, 1.82) is 0 Å². The van der Waals surface area contributed by atoms with Gasteiger partial charge in [-0.05, 0) is 12.1 Å². The van der Waals surface area contributed by atoms with Crippen molar-refractivity contribution in [2.45, 2.75) is 12.5 Å². The molecule has 1 aliphatic rings. The van der Waals surface area contributed by atoms with Crippen LogP contribution in [0, 0.1) is 0 Å². The molecule has 0 aliphatic carbocycles. The predicted molar refractivity (Wildman–Crippen MR) is 76.3 cm³/mol. The molecule has 0 saturated carbocycles. The average molecular weight is 293 g/mol. The molecule has 1 aromatic carbocycles. The molecule has 1 aliphatic heterocycles. The molecule has 2 rings (SSSR count). The normalized spacial score (nSPS) is 19.3. The lowest BCUT2D eigenvalue weighted by Gasteiger charge is -2.32. The van der Waals surface area contributed by atoms with E-state index in [-0.39, 0.29) is 18.2 Å². The second kappa shape index (κ2) is 7.49. The lowest BCUT2D eigenvalue weighted by molar-refractivity contribution is -0.137. The molecule has 1 aromatic rings. The van der Waals surface area contributed by atoms with E-state index in [1.54, 1.807) is 4.90 Å². The number of rotatable bonds is 5. The monoisotopic (exact) mass is 293 g/mol.